The van der Waals surface area contributed by atoms with Crippen molar-refractivity contribution < 1.29 is 22.7 Å². The van der Waals surface area contributed by atoms with Crippen molar-refractivity contribution in [3.05, 3.63) is 0 Å². The van der Waals surface area contributed by atoms with E-state index in [9.17, 15) is 18.0 Å². The summed E-state index contributed by atoms with van der Waals surface area (Å²) in [6, 6.07) is -0.323. The number of hydrogen-bond acceptors (Lipinski definition) is 5. The van der Waals surface area contributed by atoms with Crippen molar-refractivity contribution in [3.8, 4) is 0 Å². The first-order chi connectivity index (χ1) is 8.57. The molecule has 0 aromatic rings. The summed E-state index contributed by atoms with van der Waals surface area (Å²) in [5.74, 6) is -0.635. The standard InChI is InChI=1S/C12H21NO5S/c1-12(2,3)18-11(15)5-4-10(14)13-9-6-7-19(16,17)8-9/h9H,4-8H2,1-3H3,(H,13,14). The van der Waals surface area contributed by atoms with Gasteiger partial charge in [0.1, 0.15) is 5.60 Å². The van der Waals surface area contributed by atoms with Gasteiger partial charge in [-0.15, -0.1) is 0 Å². The van der Waals surface area contributed by atoms with Gasteiger partial charge in [-0.05, 0) is 27.2 Å². The number of hydrogen-bond donors (Lipinski definition) is 1. The molecule has 1 heterocycles. The molecule has 0 saturated carbocycles. The first kappa shape index (κ1) is 15.9. The van der Waals surface area contributed by atoms with Crippen LogP contribution in [-0.2, 0) is 24.2 Å². The molecule has 1 saturated heterocycles. The van der Waals surface area contributed by atoms with Gasteiger partial charge in [0, 0.05) is 12.5 Å². The minimum absolute atomic E-state index is 0.00255. The van der Waals surface area contributed by atoms with Gasteiger partial charge in [-0.3, -0.25) is 9.59 Å². The van der Waals surface area contributed by atoms with Crippen molar-refractivity contribution >= 4 is 21.7 Å². The molecule has 1 unspecified atom stereocenters. The molecular weight excluding hydrogens is 270 g/mol. The Kier molecular flexibility index (Phi) is 4.95. The van der Waals surface area contributed by atoms with Gasteiger partial charge in [-0.25, -0.2) is 8.42 Å². The highest BCUT2D eigenvalue weighted by Crippen LogP contribution is 2.12. The molecule has 0 bridgehead atoms. The molecule has 1 rings (SSSR count). The molecule has 1 aliphatic rings. The van der Waals surface area contributed by atoms with Crippen LogP contribution in [0.2, 0.25) is 0 Å². The second-order valence-corrected chi connectivity index (χ2v) is 7.98. The van der Waals surface area contributed by atoms with E-state index >= 15 is 0 Å². The molecule has 0 radical (unpaired) electrons. The van der Waals surface area contributed by atoms with Gasteiger partial charge >= 0.3 is 5.97 Å². The zero-order chi connectivity index (χ0) is 14.7. The van der Waals surface area contributed by atoms with Gasteiger partial charge in [-0.2, -0.15) is 0 Å². The summed E-state index contributed by atoms with van der Waals surface area (Å²) in [7, 11) is -3.00. The van der Waals surface area contributed by atoms with Crippen molar-refractivity contribution in [2.45, 2.75) is 51.7 Å². The molecule has 1 aliphatic heterocycles. The maximum absolute atomic E-state index is 11.6. The molecule has 6 nitrogen and oxygen atoms in total. The lowest BCUT2D eigenvalue weighted by atomic mass is 10.2. The predicted molar refractivity (Wildman–Crippen MR) is 70.3 cm³/mol. The van der Waals surface area contributed by atoms with E-state index < -0.39 is 21.4 Å². The van der Waals surface area contributed by atoms with Gasteiger partial charge < -0.3 is 10.1 Å². The maximum atomic E-state index is 11.6. The maximum Gasteiger partial charge on any atom is 0.306 e. The van der Waals surface area contributed by atoms with Gasteiger partial charge in [0.05, 0.1) is 17.9 Å². The largest absolute Gasteiger partial charge is 0.460 e. The van der Waals surface area contributed by atoms with Crippen LogP contribution in [-0.4, -0.2) is 43.4 Å². The van der Waals surface area contributed by atoms with Gasteiger partial charge in [0.2, 0.25) is 5.91 Å². The van der Waals surface area contributed by atoms with Crippen LogP contribution in [0.3, 0.4) is 0 Å². The minimum Gasteiger partial charge on any atom is -0.460 e. The average molecular weight is 291 g/mol. The van der Waals surface area contributed by atoms with Crippen molar-refractivity contribution in [3.63, 3.8) is 0 Å². The van der Waals surface area contributed by atoms with Crippen LogP contribution < -0.4 is 5.32 Å². The van der Waals surface area contributed by atoms with Gasteiger partial charge in [0.15, 0.2) is 9.84 Å². The SMILES string of the molecule is CC(C)(C)OC(=O)CCC(=O)NC1CCS(=O)(=O)C1. The molecule has 19 heavy (non-hydrogen) atoms. The zero-order valence-electron chi connectivity index (χ0n) is 11.6. The van der Waals surface area contributed by atoms with E-state index in [4.69, 9.17) is 4.74 Å². The number of carbonyl (C=O) groups excluding carboxylic acids is 2. The third kappa shape index (κ3) is 6.56. The summed E-state index contributed by atoms with van der Waals surface area (Å²) >= 11 is 0. The van der Waals surface area contributed by atoms with Crippen LogP contribution in [0.5, 0.6) is 0 Å². The molecule has 0 spiro atoms. The molecule has 0 aromatic carbocycles. The van der Waals surface area contributed by atoms with Crippen molar-refractivity contribution in [2.75, 3.05) is 11.5 Å². The summed E-state index contributed by atoms with van der Waals surface area (Å²) in [5, 5.41) is 2.63. The lowest BCUT2D eigenvalue weighted by molar-refractivity contribution is -0.155. The number of rotatable bonds is 4. The van der Waals surface area contributed by atoms with Crippen molar-refractivity contribution in [1.82, 2.24) is 5.32 Å². The Bertz CT molecular complexity index is 449. The van der Waals surface area contributed by atoms with Crippen LogP contribution >= 0.6 is 0 Å². The van der Waals surface area contributed by atoms with Crippen LogP contribution in [0.1, 0.15) is 40.0 Å². The Morgan fingerprint density at radius 3 is 2.37 bits per heavy atom. The predicted octanol–water partition coefficient (Wildman–Crippen LogP) is 0.412. The second-order valence-electron chi connectivity index (χ2n) is 5.75. The quantitative estimate of drug-likeness (QED) is 0.758. The number of sulfone groups is 1. The Morgan fingerprint density at radius 2 is 1.89 bits per heavy atom. The number of ether oxygens (including phenoxy) is 1. The fourth-order valence-electron chi connectivity index (χ4n) is 1.82. The molecule has 1 fully saturated rings. The summed E-state index contributed by atoms with van der Waals surface area (Å²) < 4.78 is 27.5. The molecular formula is C12H21NO5S. The normalized spacial score (nSPS) is 21.9. The van der Waals surface area contributed by atoms with E-state index in [2.05, 4.69) is 5.32 Å². The Labute approximate surface area is 113 Å². The fraction of sp³-hybridized carbons (Fsp3) is 0.833. The highest BCUT2D eigenvalue weighted by atomic mass is 32.2. The molecule has 1 N–H and O–H groups in total. The molecule has 7 heteroatoms. The zero-order valence-corrected chi connectivity index (χ0v) is 12.4. The van der Waals surface area contributed by atoms with E-state index in [0.717, 1.165) is 0 Å². The van der Waals surface area contributed by atoms with E-state index in [-0.39, 0.29) is 36.3 Å². The molecule has 0 aliphatic carbocycles. The monoisotopic (exact) mass is 291 g/mol. The summed E-state index contributed by atoms with van der Waals surface area (Å²) in [6.07, 6.45) is 0.467. The Balaban J connectivity index is 2.27. The molecule has 110 valence electrons. The highest BCUT2D eigenvalue weighted by Gasteiger charge is 2.29. The topological polar surface area (TPSA) is 89.5 Å². The summed E-state index contributed by atoms with van der Waals surface area (Å²) in [4.78, 5) is 23.0. The first-order valence-corrected chi connectivity index (χ1v) is 8.11. The molecule has 1 atom stereocenters. The number of amides is 1. The third-order valence-corrected chi connectivity index (χ3v) is 4.34. The van der Waals surface area contributed by atoms with E-state index in [1.807, 2.05) is 0 Å². The number of carbonyl (C=O) groups is 2. The first-order valence-electron chi connectivity index (χ1n) is 6.29. The Hall–Kier alpha value is -1.11. The molecule has 1 amide bonds. The molecule has 0 aromatic heterocycles. The average Bonchev–Trinajstić information content (AvgIpc) is 2.52. The number of esters is 1. The Morgan fingerprint density at radius 1 is 1.26 bits per heavy atom. The summed E-state index contributed by atoms with van der Waals surface area (Å²) in [5.41, 5.74) is -0.562. The van der Waals surface area contributed by atoms with Crippen LogP contribution in [0.15, 0.2) is 0 Å². The fourth-order valence-corrected chi connectivity index (χ4v) is 3.49. The number of nitrogens with one attached hydrogen (secondary N) is 1. The van der Waals surface area contributed by atoms with Crippen LogP contribution in [0, 0.1) is 0 Å². The smallest absolute Gasteiger partial charge is 0.306 e. The minimum atomic E-state index is -3.00. The third-order valence-electron chi connectivity index (χ3n) is 2.57. The summed E-state index contributed by atoms with van der Waals surface area (Å²) in [6.45, 7) is 5.27. The van der Waals surface area contributed by atoms with E-state index in [1.54, 1.807) is 20.8 Å². The van der Waals surface area contributed by atoms with Crippen LogP contribution in [0.25, 0.3) is 0 Å². The lowest BCUT2D eigenvalue weighted by Gasteiger charge is -2.19. The van der Waals surface area contributed by atoms with E-state index in [1.165, 1.54) is 0 Å². The van der Waals surface area contributed by atoms with Gasteiger partial charge in [0.25, 0.3) is 0 Å². The lowest BCUT2D eigenvalue weighted by Crippen LogP contribution is -2.36. The second kappa shape index (κ2) is 5.90. The highest BCUT2D eigenvalue weighted by molar-refractivity contribution is 7.91. The van der Waals surface area contributed by atoms with Crippen molar-refractivity contribution in [1.29, 1.82) is 0 Å². The van der Waals surface area contributed by atoms with Crippen LogP contribution in [0.4, 0.5) is 0 Å². The van der Waals surface area contributed by atoms with Crippen molar-refractivity contribution in [2.24, 2.45) is 0 Å². The van der Waals surface area contributed by atoms with Gasteiger partial charge in [-0.1, -0.05) is 0 Å². The van der Waals surface area contributed by atoms with E-state index in [0.29, 0.717) is 6.42 Å².